The second-order valence-corrected chi connectivity index (χ2v) is 6.57. The lowest BCUT2D eigenvalue weighted by Crippen LogP contribution is -2.29. The molecule has 4 heterocycles. The molecule has 0 bridgehead atoms. The Bertz CT molecular complexity index is 839. The van der Waals surface area contributed by atoms with Gasteiger partial charge in [-0.1, -0.05) is 6.07 Å². The Morgan fingerprint density at radius 2 is 2.26 bits per heavy atom. The molecule has 1 aliphatic heterocycles. The highest BCUT2D eigenvalue weighted by atomic mass is 79.9. The highest BCUT2D eigenvalue weighted by Gasteiger charge is 2.23. The van der Waals surface area contributed by atoms with Gasteiger partial charge in [0.1, 0.15) is 5.82 Å². The van der Waals surface area contributed by atoms with E-state index in [1.165, 1.54) is 0 Å². The molecule has 118 valence electrons. The molecule has 0 saturated carbocycles. The highest BCUT2D eigenvalue weighted by molar-refractivity contribution is 9.10. The number of anilines is 1. The van der Waals surface area contributed by atoms with Crippen molar-refractivity contribution in [1.82, 2.24) is 24.9 Å². The van der Waals surface area contributed by atoms with Crippen molar-refractivity contribution in [1.29, 1.82) is 0 Å². The first-order valence-electron chi connectivity index (χ1n) is 7.69. The summed E-state index contributed by atoms with van der Waals surface area (Å²) in [6.07, 6.45) is 7.64. The Hall–Kier alpha value is -1.99. The van der Waals surface area contributed by atoms with Crippen LogP contribution < -0.4 is 11.1 Å². The lowest BCUT2D eigenvalue weighted by Gasteiger charge is -2.23. The number of nitrogen functional groups attached to an aromatic ring is 1. The van der Waals surface area contributed by atoms with Crippen molar-refractivity contribution < 1.29 is 0 Å². The van der Waals surface area contributed by atoms with Gasteiger partial charge in [0.05, 0.1) is 16.4 Å². The van der Waals surface area contributed by atoms with Gasteiger partial charge in [0.15, 0.2) is 5.65 Å². The zero-order valence-corrected chi connectivity index (χ0v) is 14.1. The summed E-state index contributed by atoms with van der Waals surface area (Å²) in [6, 6.07) is 3.92. The van der Waals surface area contributed by atoms with Crippen molar-refractivity contribution in [3.05, 3.63) is 40.9 Å². The number of aromatic nitrogens is 4. The molecule has 0 spiro atoms. The quantitative estimate of drug-likeness (QED) is 0.722. The molecule has 6 nitrogen and oxygen atoms in total. The number of halogens is 1. The van der Waals surface area contributed by atoms with Crippen molar-refractivity contribution in [3.63, 3.8) is 0 Å². The monoisotopic (exact) mass is 372 g/mol. The van der Waals surface area contributed by atoms with Crippen LogP contribution in [0.15, 0.2) is 35.2 Å². The molecule has 3 aromatic rings. The van der Waals surface area contributed by atoms with E-state index < -0.39 is 0 Å². The molecule has 0 radical (unpaired) electrons. The fraction of sp³-hybridized carbons (Fsp3) is 0.312. The number of piperidine rings is 1. The minimum Gasteiger partial charge on any atom is -0.383 e. The Morgan fingerprint density at radius 1 is 1.35 bits per heavy atom. The van der Waals surface area contributed by atoms with E-state index in [0.29, 0.717) is 11.7 Å². The maximum absolute atomic E-state index is 6.29. The molecule has 3 N–H and O–H groups in total. The van der Waals surface area contributed by atoms with Crippen molar-refractivity contribution in [2.75, 3.05) is 18.8 Å². The minimum atomic E-state index is 0.363. The van der Waals surface area contributed by atoms with Gasteiger partial charge in [-0.05, 0) is 41.4 Å². The second kappa shape index (κ2) is 5.90. The van der Waals surface area contributed by atoms with Crippen LogP contribution in [0.3, 0.4) is 0 Å². The summed E-state index contributed by atoms with van der Waals surface area (Å²) in [7, 11) is 0. The predicted octanol–water partition coefficient (Wildman–Crippen LogP) is 2.60. The molecular weight excluding hydrogens is 356 g/mol. The first kappa shape index (κ1) is 14.6. The van der Waals surface area contributed by atoms with E-state index in [1.54, 1.807) is 16.9 Å². The molecule has 0 aliphatic carbocycles. The first-order chi connectivity index (χ1) is 11.3. The molecule has 0 aromatic carbocycles. The Kier molecular flexibility index (Phi) is 3.74. The van der Waals surface area contributed by atoms with Crippen molar-refractivity contribution in [2.24, 2.45) is 0 Å². The number of nitrogens with two attached hydrogens (primary N) is 1. The topological polar surface area (TPSA) is 81.1 Å². The van der Waals surface area contributed by atoms with E-state index in [1.807, 2.05) is 18.3 Å². The highest BCUT2D eigenvalue weighted by Crippen LogP contribution is 2.34. The summed E-state index contributed by atoms with van der Waals surface area (Å²) >= 11 is 3.61. The summed E-state index contributed by atoms with van der Waals surface area (Å²) in [5, 5.41) is 7.83. The molecule has 1 saturated heterocycles. The van der Waals surface area contributed by atoms with E-state index in [4.69, 9.17) is 10.7 Å². The van der Waals surface area contributed by atoms with Gasteiger partial charge in [0, 0.05) is 36.0 Å². The summed E-state index contributed by atoms with van der Waals surface area (Å²) in [5.74, 6) is 0.952. The van der Waals surface area contributed by atoms with Crippen LogP contribution in [0.5, 0.6) is 0 Å². The molecule has 0 amide bonds. The summed E-state index contributed by atoms with van der Waals surface area (Å²) in [5.41, 5.74) is 10.0. The number of nitrogens with zero attached hydrogens (tertiary/aromatic N) is 4. The third-order valence-corrected chi connectivity index (χ3v) is 5.12. The van der Waals surface area contributed by atoms with Gasteiger partial charge in [-0.2, -0.15) is 9.61 Å². The summed E-state index contributed by atoms with van der Waals surface area (Å²) in [6.45, 7) is 2.00. The van der Waals surface area contributed by atoms with Crippen molar-refractivity contribution in [3.8, 4) is 11.1 Å². The van der Waals surface area contributed by atoms with Crippen LogP contribution in [0.4, 0.5) is 5.82 Å². The van der Waals surface area contributed by atoms with Gasteiger partial charge < -0.3 is 11.1 Å². The van der Waals surface area contributed by atoms with Crippen LogP contribution in [0.2, 0.25) is 0 Å². The average Bonchev–Trinajstić information content (AvgIpc) is 3.03. The Morgan fingerprint density at radius 3 is 3.00 bits per heavy atom. The molecule has 1 fully saturated rings. The maximum atomic E-state index is 6.29. The van der Waals surface area contributed by atoms with Crippen LogP contribution in [0, 0.1) is 0 Å². The number of nitrogens with one attached hydrogen (secondary N) is 1. The molecule has 7 heteroatoms. The average molecular weight is 373 g/mol. The van der Waals surface area contributed by atoms with E-state index in [9.17, 15) is 0 Å². The smallest absolute Gasteiger partial charge is 0.165 e. The van der Waals surface area contributed by atoms with E-state index in [-0.39, 0.29) is 0 Å². The van der Waals surface area contributed by atoms with Crippen LogP contribution in [0.25, 0.3) is 16.8 Å². The molecule has 23 heavy (non-hydrogen) atoms. The fourth-order valence-electron chi connectivity index (χ4n) is 3.09. The predicted molar refractivity (Wildman–Crippen MR) is 93.2 cm³/mol. The Labute approximate surface area is 142 Å². The molecule has 1 aliphatic rings. The molecule has 3 aromatic heterocycles. The fourth-order valence-corrected chi connectivity index (χ4v) is 3.68. The van der Waals surface area contributed by atoms with E-state index in [0.717, 1.165) is 52.9 Å². The molecular formula is C16H17BrN6. The zero-order valence-electron chi connectivity index (χ0n) is 12.5. The van der Waals surface area contributed by atoms with Gasteiger partial charge in [-0.25, -0.2) is 4.98 Å². The largest absolute Gasteiger partial charge is 0.383 e. The third-order valence-electron chi connectivity index (χ3n) is 4.30. The van der Waals surface area contributed by atoms with Crippen LogP contribution in [-0.4, -0.2) is 32.7 Å². The standard InChI is InChI=1S/C16H17BrN6/c17-13-14(11-4-2-6-20-8-11)22-16-12(9-21-23(16)15(13)18)10-3-1-5-19-7-10/h1,3,5,7,9,11,20H,2,4,6,8,18H2. The van der Waals surface area contributed by atoms with Crippen LogP contribution in [-0.2, 0) is 0 Å². The zero-order chi connectivity index (χ0) is 15.8. The number of hydrogen-bond acceptors (Lipinski definition) is 5. The molecule has 4 rings (SSSR count). The lowest BCUT2D eigenvalue weighted by atomic mass is 9.96. The first-order valence-corrected chi connectivity index (χ1v) is 8.48. The number of fused-ring (bicyclic) bond motifs is 1. The van der Waals surface area contributed by atoms with E-state index in [2.05, 4.69) is 31.3 Å². The minimum absolute atomic E-state index is 0.363. The van der Waals surface area contributed by atoms with E-state index >= 15 is 0 Å². The lowest BCUT2D eigenvalue weighted by molar-refractivity contribution is 0.453. The van der Waals surface area contributed by atoms with Crippen LogP contribution in [0.1, 0.15) is 24.5 Å². The molecule has 1 unspecified atom stereocenters. The van der Waals surface area contributed by atoms with Gasteiger partial charge in [-0.3, -0.25) is 4.98 Å². The second-order valence-electron chi connectivity index (χ2n) is 5.77. The van der Waals surface area contributed by atoms with Gasteiger partial charge >= 0.3 is 0 Å². The summed E-state index contributed by atoms with van der Waals surface area (Å²) in [4.78, 5) is 9.09. The molecule has 1 atom stereocenters. The third kappa shape index (κ3) is 2.49. The number of rotatable bonds is 2. The van der Waals surface area contributed by atoms with Crippen molar-refractivity contribution >= 4 is 27.4 Å². The summed E-state index contributed by atoms with van der Waals surface area (Å²) < 4.78 is 2.53. The Balaban J connectivity index is 1.90. The normalized spacial score (nSPS) is 18.4. The maximum Gasteiger partial charge on any atom is 0.165 e. The van der Waals surface area contributed by atoms with Crippen molar-refractivity contribution in [2.45, 2.75) is 18.8 Å². The van der Waals surface area contributed by atoms with Gasteiger partial charge in [-0.15, -0.1) is 0 Å². The SMILES string of the molecule is Nc1c(Br)c(C2CCCNC2)nc2c(-c3cccnc3)cnn12. The number of pyridine rings is 1. The van der Waals surface area contributed by atoms with Crippen LogP contribution >= 0.6 is 15.9 Å². The number of hydrogen-bond donors (Lipinski definition) is 2. The van der Waals surface area contributed by atoms with Gasteiger partial charge in [0.2, 0.25) is 0 Å². The van der Waals surface area contributed by atoms with Gasteiger partial charge in [0.25, 0.3) is 0 Å².